The number of unbranched alkanes of at least 4 members (excludes halogenated alkanes) is 16. The predicted octanol–water partition coefficient (Wildman–Crippen LogP) is 8.36. The van der Waals surface area contributed by atoms with Gasteiger partial charge in [-0.05, 0) is 19.3 Å². The van der Waals surface area contributed by atoms with Crippen molar-refractivity contribution in [3.05, 3.63) is 0 Å². The van der Waals surface area contributed by atoms with E-state index in [0.29, 0.717) is 13.0 Å². The van der Waals surface area contributed by atoms with Gasteiger partial charge in [0.05, 0.1) is 6.61 Å². The number of hydrogen-bond acceptors (Lipinski definition) is 2. The molecular formula is C23H45BrO2. The van der Waals surface area contributed by atoms with Gasteiger partial charge in [-0.3, -0.25) is 4.79 Å². The first-order valence-electron chi connectivity index (χ1n) is 11.5. The van der Waals surface area contributed by atoms with Crippen molar-refractivity contribution in [1.82, 2.24) is 0 Å². The van der Waals surface area contributed by atoms with E-state index in [2.05, 4.69) is 22.9 Å². The van der Waals surface area contributed by atoms with Crippen LogP contribution in [0.4, 0.5) is 0 Å². The minimum absolute atomic E-state index is 0.00932. The Balaban J connectivity index is 3.07. The van der Waals surface area contributed by atoms with E-state index in [1.807, 2.05) is 0 Å². The lowest BCUT2D eigenvalue weighted by Crippen LogP contribution is -2.05. The van der Waals surface area contributed by atoms with Crippen LogP contribution < -0.4 is 0 Å². The van der Waals surface area contributed by atoms with E-state index in [4.69, 9.17) is 4.74 Å². The zero-order chi connectivity index (χ0) is 19.1. The van der Waals surface area contributed by atoms with Gasteiger partial charge in [-0.15, -0.1) is 0 Å². The fraction of sp³-hybridized carbons (Fsp3) is 0.957. The fourth-order valence-electron chi connectivity index (χ4n) is 3.27. The molecule has 0 aromatic carbocycles. The van der Waals surface area contributed by atoms with Crippen LogP contribution in [-0.2, 0) is 9.53 Å². The maximum Gasteiger partial charge on any atom is 0.305 e. The van der Waals surface area contributed by atoms with Gasteiger partial charge in [-0.2, -0.15) is 0 Å². The number of carbonyl (C=O) groups is 1. The summed E-state index contributed by atoms with van der Waals surface area (Å²) in [6, 6.07) is 0. The Morgan fingerprint density at radius 1 is 0.615 bits per heavy atom. The number of halogens is 1. The summed E-state index contributed by atoms with van der Waals surface area (Å²) in [5.74, 6) is -0.00932. The topological polar surface area (TPSA) is 26.3 Å². The van der Waals surface area contributed by atoms with E-state index < -0.39 is 0 Å². The third-order valence-corrected chi connectivity index (χ3v) is 5.59. The molecule has 26 heavy (non-hydrogen) atoms. The number of hydrogen-bond donors (Lipinski definition) is 0. The highest BCUT2D eigenvalue weighted by Gasteiger charge is 2.02. The molecule has 0 unspecified atom stereocenters. The van der Waals surface area contributed by atoms with Crippen molar-refractivity contribution in [1.29, 1.82) is 0 Å². The lowest BCUT2D eigenvalue weighted by Gasteiger charge is -2.05. The quantitative estimate of drug-likeness (QED) is 0.103. The first-order chi connectivity index (χ1) is 12.8. The Labute approximate surface area is 172 Å². The average Bonchev–Trinajstić information content (AvgIpc) is 2.65. The molecule has 0 aromatic rings. The SMILES string of the molecule is CCCCCCCCCCCCCCCCCOC(=O)CCCCCBr. The van der Waals surface area contributed by atoms with Crippen LogP contribution in [-0.4, -0.2) is 17.9 Å². The van der Waals surface area contributed by atoms with Crippen LogP contribution >= 0.6 is 15.9 Å². The average molecular weight is 434 g/mol. The second-order valence-corrected chi connectivity index (χ2v) is 8.46. The van der Waals surface area contributed by atoms with Gasteiger partial charge in [0, 0.05) is 11.8 Å². The Bertz CT molecular complexity index is 281. The zero-order valence-electron chi connectivity index (χ0n) is 17.5. The summed E-state index contributed by atoms with van der Waals surface area (Å²) in [5, 5.41) is 1.03. The molecule has 0 atom stereocenters. The van der Waals surface area contributed by atoms with Crippen molar-refractivity contribution in [2.45, 2.75) is 129 Å². The molecule has 0 aromatic heterocycles. The summed E-state index contributed by atoms with van der Waals surface area (Å²) < 4.78 is 5.29. The number of carbonyl (C=O) groups excluding carboxylic acids is 1. The normalized spacial score (nSPS) is 11.0. The molecule has 0 heterocycles. The van der Waals surface area contributed by atoms with Gasteiger partial charge < -0.3 is 4.74 Å². The van der Waals surface area contributed by atoms with E-state index in [-0.39, 0.29) is 5.97 Å². The van der Waals surface area contributed by atoms with Gasteiger partial charge in [0.15, 0.2) is 0 Å². The largest absolute Gasteiger partial charge is 0.466 e. The number of alkyl halides is 1. The van der Waals surface area contributed by atoms with Crippen LogP contribution in [0.2, 0.25) is 0 Å². The molecule has 0 N–H and O–H groups in total. The minimum Gasteiger partial charge on any atom is -0.466 e. The second kappa shape index (κ2) is 23.0. The molecule has 0 spiro atoms. The zero-order valence-corrected chi connectivity index (χ0v) is 19.1. The van der Waals surface area contributed by atoms with Gasteiger partial charge in [0.1, 0.15) is 0 Å². The highest BCUT2D eigenvalue weighted by molar-refractivity contribution is 9.09. The molecule has 0 rings (SSSR count). The maximum absolute atomic E-state index is 11.5. The van der Waals surface area contributed by atoms with Crippen molar-refractivity contribution in [2.24, 2.45) is 0 Å². The van der Waals surface area contributed by atoms with Crippen molar-refractivity contribution in [2.75, 3.05) is 11.9 Å². The van der Waals surface area contributed by atoms with Gasteiger partial charge in [0.2, 0.25) is 0 Å². The highest BCUT2D eigenvalue weighted by Crippen LogP contribution is 2.13. The smallest absolute Gasteiger partial charge is 0.305 e. The highest BCUT2D eigenvalue weighted by atomic mass is 79.9. The third-order valence-electron chi connectivity index (χ3n) is 5.03. The molecule has 2 nitrogen and oxygen atoms in total. The predicted molar refractivity (Wildman–Crippen MR) is 118 cm³/mol. The lowest BCUT2D eigenvalue weighted by molar-refractivity contribution is -0.143. The molecule has 0 aliphatic heterocycles. The van der Waals surface area contributed by atoms with Crippen LogP contribution in [0.5, 0.6) is 0 Å². The van der Waals surface area contributed by atoms with Crippen LogP contribution in [0.1, 0.15) is 129 Å². The van der Waals surface area contributed by atoms with E-state index >= 15 is 0 Å². The molecule has 0 fully saturated rings. The Hall–Kier alpha value is -0.0500. The van der Waals surface area contributed by atoms with Gasteiger partial charge >= 0.3 is 5.97 Å². The van der Waals surface area contributed by atoms with E-state index in [9.17, 15) is 4.79 Å². The second-order valence-electron chi connectivity index (χ2n) is 7.67. The third kappa shape index (κ3) is 22.0. The summed E-state index contributed by atoms with van der Waals surface area (Å²) in [6.45, 7) is 2.90. The molecule has 0 radical (unpaired) electrons. The molecule has 3 heteroatoms. The summed E-state index contributed by atoms with van der Waals surface area (Å²) in [5.41, 5.74) is 0. The van der Waals surface area contributed by atoms with Crippen molar-refractivity contribution in [3.8, 4) is 0 Å². The summed E-state index contributed by atoms with van der Waals surface area (Å²) >= 11 is 3.41. The molecule has 0 saturated carbocycles. The molecule has 156 valence electrons. The molecule has 0 bridgehead atoms. The van der Waals surface area contributed by atoms with Crippen LogP contribution in [0.3, 0.4) is 0 Å². The minimum atomic E-state index is -0.00932. The standard InChI is InChI=1S/C23H45BrO2/c1-2-3-4-5-6-7-8-9-10-11-12-13-14-15-19-22-26-23(25)20-17-16-18-21-24/h2-22H2,1H3. The van der Waals surface area contributed by atoms with E-state index in [1.54, 1.807) is 0 Å². The molecular weight excluding hydrogens is 388 g/mol. The molecule has 0 amide bonds. The van der Waals surface area contributed by atoms with Crippen molar-refractivity contribution >= 4 is 21.9 Å². The molecule has 0 saturated heterocycles. The Kier molecular flexibility index (Phi) is 22.9. The Morgan fingerprint density at radius 2 is 1.04 bits per heavy atom. The first-order valence-corrected chi connectivity index (χ1v) is 12.6. The van der Waals surface area contributed by atoms with Crippen LogP contribution in [0.15, 0.2) is 0 Å². The number of rotatable bonds is 21. The summed E-state index contributed by atoms with van der Waals surface area (Å²) in [7, 11) is 0. The molecule has 0 aliphatic carbocycles. The Morgan fingerprint density at radius 3 is 1.50 bits per heavy atom. The number of ether oxygens (including phenoxy) is 1. The first kappa shape index (κ1) is 26.0. The van der Waals surface area contributed by atoms with Crippen LogP contribution in [0, 0.1) is 0 Å². The molecule has 0 aliphatic rings. The number of esters is 1. The van der Waals surface area contributed by atoms with Crippen LogP contribution in [0.25, 0.3) is 0 Å². The van der Waals surface area contributed by atoms with Crippen molar-refractivity contribution in [3.63, 3.8) is 0 Å². The van der Waals surface area contributed by atoms with Gasteiger partial charge in [-0.25, -0.2) is 0 Å². The summed E-state index contributed by atoms with van der Waals surface area (Å²) in [4.78, 5) is 11.5. The summed E-state index contributed by atoms with van der Waals surface area (Å²) in [6.07, 6.45) is 24.3. The van der Waals surface area contributed by atoms with E-state index in [0.717, 1.165) is 31.0 Å². The maximum atomic E-state index is 11.5. The van der Waals surface area contributed by atoms with Gasteiger partial charge in [-0.1, -0.05) is 119 Å². The monoisotopic (exact) mass is 432 g/mol. The lowest BCUT2D eigenvalue weighted by atomic mass is 10.0. The van der Waals surface area contributed by atoms with Crippen molar-refractivity contribution < 1.29 is 9.53 Å². The van der Waals surface area contributed by atoms with Gasteiger partial charge in [0.25, 0.3) is 0 Å². The fourth-order valence-corrected chi connectivity index (χ4v) is 3.67. The van der Waals surface area contributed by atoms with E-state index in [1.165, 1.54) is 89.9 Å².